The summed E-state index contributed by atoms with van der Waals surface area (Å²) in [6, 6.07) is 5.11. The SMILES string of the molecule is Cc1ccc(-n2cnccc2=O)cn1. The molecule has 0 bridgehead atoms. The van der Waals surface area contributed by atoms with Gasteiger partial charge in [-0.3, -0.25) is 14.3 Å². The van der Waals surface area contributed by atoms with Gasteiger partial charge in [0.2, 0.25) is 0 Å². The average molecular weight is 187 g/mol. The lowest BCUT2D eigenvalue weighted by Gasteiger charge is -2.02. The van der Waals surface area contributed by atoms with Crippen molar-refractivity contribution in [1.29, 1.82) is 0 Å². The van der Waals surface area contributed by atoms with Crippen molar-refractivity contribution >= 4 is 0 Å². The van der Waals surface area contributed by atoms with Crippen LogP contribution in [0.15, 0.2) is 41.7 Å². The zero-order chi connectivity index (χ0) is 9.97. The first-order chi connectivity index (χ1) is 6.77. The minimum Gasteiger partial charge on any atom is -0.269 e. The third kappa shape index (κ3) is 1.54. The van der Waals surface area contributed by atoms with E-state index in [-0.39, 0.29) is 5.56 Å². The summed E-state index contributed by atoms with van der Waals surface area (Å²) in [4.78, 5) is 19.4. The number of hydrogen-bond donors (Lipinski definition) is 0. The van der Waals surface area contributed by atoms with E-state index in [1.54, 1.807) is 6.20 Å². The van der Waals surface area contributed by atoms with Crippen LogP contribution in [0.5, 0.6) is 0 Å². The highest BCUT2D eigenvalue weighted by Crippen LogP contribution is 2.02. The molecule has 0 saturated heterocycles. The molecular weight excluding hydrogens is 178 g/mol. The largest absolute Gasteiger partial charge is 0.269 e. The van der Waals surface area contributed by atoms with Gasteiger partial charge in [-0.25, -0.2) is 4.98 Å². The van der Waals surface area contributed by atoms with Crippen LogP contribution in [0.3, 0.4) is 0 Å². The lowest BCUT2D eigenvalue weighted by molar-refractivity contribution is 0.924. The lowest BCUT2D eigenvalue weighted by atomic mass is 10.3. The standard InChI is InChI=1S/C10H9N3O/c1-8-2-3-9(6-12-8)13-7-11-5-4-10(13)14/h2-7H,1H3. The molecule has 0 fully saturated rings. The summed E-state index contributed by atoms with van der Waals surface area (Å²) in [6.45, 7) is 1.90. The molecule has 0 unspecified atom stereocenters. The van der Waals surface area contributed by atoms with Gasteiger partial charge >= 0.3 is 0 Å². The van der Waals surface area contributed by atoms with Crippen LogP contribution in [0.4, 0.5) is 0 Å². The highest BCUT2D eigenvalue weighted by Gasteiger charge is 1.97. The quantitative estimate of drug-likeness (QED) is 0.667. The Balaban J connectivity index is 2.56. The third-order valence-electron chi connectivity index (χ3n) is 1.90. The summed E-state index contributed by atoms with van der Waals surface area (Å²) in [5.41, 5.74) is 1.55. The van der Waals surface area contributed by atoms with Gasteiger partial charge in [-0.05, 0) is 19.1 Å². The molecule has 4 heteroatoms. The summed E-state index contributed by atoms with van der Waals surface area (Å²) < 4.78 is 1.45. The maximum absolute atomic E-state index is 11.4. The third-order valence-corrected chi connectivity index (χ3v) is 1.90. The summed E-state index contributed by atoms with van der Waals surface area (Å²) in [5.74, 6) is 0. The van der Waals surface area contributed by atoms with Gasteiger partial charge in [0, 0.05) is 18.0 Å². The second-order valence-electron chi connectivity index (χ2n) is 2.95. The first-order valence-electron chi connectivity index (χ1n) is 4.23. The van der Waals surface area contributed by atoms with Crippen molar-refractivity contribution in [2.45, 2.75) is 6.92 Å². The highest BCUT2D eigenvalue weighted by atomic mass is 16.1. The van der Waals surface area contributed by atoms with Crippen molar-refractivity contribution in [1.82, 2.24) is 14.5 Å². The van der Waals surface area contributed by atoms with Crippen LogP contribution in [-0.4, -0.2) is 14.5 Å². The van der Waals surface area contributed by atoms with Gasteiger partial charge in [0.1, 0.15) is 6.33 Å². The molecule has 4 nitrogen and oxygen atoms in total. The fourth-order valence-electron chi connectivity index (χ4n) is 1.15. The average Bonchev–Trinajstić information content (AvgIpc) is 2.20. The smallest absolute Gasteiger partial charge is 0.257 e. The maximum atomic E-state index is 11.4. The van der Waals surface area contributed by atoms with Crippen LogP contribution in [0, 0.1) is 6.92 Å². The number of aromatic nitrogens is 3. The molecule has 0 aromatic carbocycles. The van der Waals surface area contributed by atoms with Gasteiger partial charge in [-0.15, -0.1) is 0 Å². The molecule has 2 heterocycles. The first kappa shape index (κ1) is 8.62. The number of nitrogens with zero attached hydrogens (tertiary/aromatic N) is 3. The van der Waals surface area contributed by atoms with Crippen molar-refractivity contribution in [2.75, 3.05) is 0 Å². The number of hydrogen-bond acceptors (Lipinski definition) is 3. The van der Waals surface area contributed by atoms with Crippen molar-refractivity contribution < 1.29 is 0 Å². The van der Waals surface area contributed by atoms with Crippen molar-refractivity contribution in [3.63, 3.8) is 0 Å². The van der Waals surface area contributed by atoms with Crippen molar-refractivity contribution in [3.8, 4) is 5.69 Å². The van der Waals surface area contributed by atoms with E-state index < -0.39 is 0 Å². The molecule has 2 aromatic rings. The fourth-order valence-corrected chi connectivity index (χ4v) is 1.15. The molecule has 70 valence electrons. The molecule has 0 aliphatic rings. The summed E-state index contributed by atoms with van der Waals surface area (Å²) in [5, 5.41) is 0. The number of aryl methyl sites for hydroxylation is 1. The first-order valence-corrected chi connectivity index (χ1v) is 4.23. The topological polar surface area (TPSA) is 47.8 Å². The van der Waals surface area contributed by atoms with Crippen molar-refractivity contribution in [2.24, 2.45) is 0 Å². The highest BCUT2D eigenvalue weighted by molar-refractivity contribution is 5.28. The van der Waals surface area contributed by atoms with Gasteiger partial charge in [-0.2, -0.15) is 0 Å². The summed E-state index contributed by atoms with van der Waals surface area (Å²) in [7, 11) is 0. The summed E-state index contributed by atoms with van der Waals surface area (Å²) >= 11 is 0. The molecule has 2 rings (SSSR count). The lowest BCUT2D eigenvalue weighted by Crippen LogP contribution is -2.16. The Morgan fingerprint density at radius 3 is 2.79 bits per heavy atom. The van der Waals surface area contributed by atoms with E-state index in [1.165, 1.54) is 23.2 Å². The molecule has 0 aliphatic heterocycles. The number of pyridine rings is 1. The van der Waals surface area contributed by atoms with E-state index in [0.29, 0.717) is 0 Å². The van der Waals surface area contributed by atoms with Gasteiger partial charge < -0.3 is 0 Å². The normalized spacial score (nSPS) is 10.1. The molecule has 0 saturated carbocycles. The van der Waals surface area contributed by atoms with Crippen LogP contribution in [0.2, 0.25) is 0 Å². The Labute approximate surface area is 80.9 Å². The fraction of sp³-hybridized carbons (Fsp3) is 0.100. The van der Waals surface area contributed by atoms with Crippen LogP contribution < -0.4 is 5.56 Å². The number of rotatable bonds is 1. The van der Waals surface area contributed by atoms with E-state index in [4.69, 9.17) is 0 Å². The van der Waals surface area contributed by atoms with E-state index >= 15 is 0 Å². The molecule has 14 heavy (non-hydrogen) atoms. The Bertz CT molecular complexity index is 487. The monoisotopic (exact) mass is 187 g/mol. The van der Waals surface area contributed by atoms with Crippen molar-refractivity contribution in [3.05, 3.63) is 53.0 Å². The molecule has 0 atom stereocenters. The molecule has 0 spiro atoms. The van der Waals surface area contributed by atoms with Gasteiger partial charge in [0.15, 0.2) is 0 Å². The maximum Gasteiger partial charge on any atom is 0.257 e. The van der Waals surface area contributed by atoms with E-state index in [2.05, 4.69) is 9.97 Å². The molecule has 0 radical (unpaired) electrons. The molecule has 0 amide bonds. The second-order valence-corrected chi connectivity index (χ2v) is 2.95. The van der Waals surface area contributed by atoms with Crippen LogP contribution in [0.1, 0.15) is 5.69 Å². The zero-order valence-electron chi connectivity index (χ0n) is 7.71. The van der Waals surface area contributed by atoms with E-state index in [0.717, 1.165) is 11.4 Å². The molecule has 2 aromatic heterocycles. The zero-order valence-corrected chi connectivity index (χ0v) is 7.71. The Morgan fingerprint density at radius 2 is 2.14 bits per heavy atom. The Hall–Kier alpha value is -1.97. The minimum absolute atomic E-state index is 0.106. The predicted octanol–water partition coefficient (Wildman–Crippen LogP) is 0.936. The van der Waals surface area contributed by atoms with Gasteiger partial charge in [0.25, 0.3) is 5.56 Å². The minimum atomic E-state index is -0.106. The van der Waals surface area contributed by atoms with Crippen LogP contribution in [-0.2, 0) is 0 Å². The molecule has 0 aliphatic carbocycles. The second kappa shape index (κ2) is 3.41. The Morgan fingerprint density at radius 1 is 1.29 bits per heavy atom. The van der Waals surface area contributed by atoms with Gasteiger partial charge in [-0.1, -0.05) is 0 Å². The van der Waals surface area contributed by atoms with E-state index in [9.17, 15) is 4.79 Å². The van der Waals surface area contributed by atoms with Gasteiger partial charge in [0.05, 0.1) is 11.9 Å². The summed E-state index contributed by atoms with van der Waals surface area (Å²) in [6.07, 6.45) is 4.60. The molecular formula is C10H9N3O. The van der Waals surface area contributed by atoms with Crippen LogP contribution in [0.25, 0.3) is 5.69 Å². The predicted molar refractivity (Wildman–Crippen MR) is 52.4 cm³/mol. The molecule has 0 N–H and O–H groups in total. The van der Waals surface area contributed by atoms with E-state index in [1.807, 2.05) is 19.1 Å². The van der Waals surface area contributed by atoms with Crippen LogP contribution >= 0.6 is 0 Å². The Kier molecular flexibility index (Phi) is 2.10.